The van der Waals surface area contributed by atoms with Gasteiger partial charge in [-0.1, -0.05) is 37.6 Å². The van der Waals surface area contributed by atoms with Crippen LogP contribution in [-0.2, 0) is 6.54 Å². The molecule has 7 heteroatoms. The van der Waals surface area contributed by atoms with E-state index in [9.17, 15) is 0 Å². The predicted molar refractivity (Wildman–Crippen MR) is 127 cm³/mol. The van der Waals surface area contributed by atoms with Crippen molar-refractivity contribution >= 4 is 41.5 Å². The Morgan fingerprint density at radius 2 is 1.89 bits per heavy atom. The van der Waals surface area contributed by atoms with Crippen molar-refractivity contribution in [3.8, 4) is 0 Å². The molecule has 0 amide bonds. The van der Waals surface area contributed by atoms with Crippen LogP contribution in [0.3, 0.4) is 0 Å². The van der Waals surface area contributed by atoms with Crippen molar-refractivity contribution < 1.29 is 0 Å². The van der Waals surface area contributed by atoms with Crippen LogP contribution in [-0.4, -0.2) is 68.1 Å². The summed E-state index contributed by atoms with van der Waals surface area (Å²) >= 11 is 6.07. The van der Waals surface area contributed by atoms with Gasteiger partial charge in [0.1, 0.15) is 0 Å². The number of piperazine rings is 1. The van der Waals surface area contributed by atoms with Crippen molar-refractivity contribution in [1.29, 1.82) is 0 Å². The molecule has 2 N–H and O–H groups in total. The van der Waals surface area contributed by atoms with Gasteiger partial charge in [0.25, 0.3) is 0 Å². The number of nitrogens with zero attached hydrogens (tertiary/aromatic N) is 3. The molecule has 0 spiro atoms. The lowest BCUT2D eigenvalue weighted by molar-refractivity contribution is 0.0900. The second kappa shape index (κ2) is 12.8. The number of hydrogen-bond donors (Lipinski definition) is 2. The molecule has 1 fully saturated rings. The van der Waals surface area contributed by atoms with Crippen molar-refractivity contribution in [2.24, 2.45) is 10.9 Å². The summed E-state index contributed by atoms with van der Waals surface area (Å²) in [5.41, 5.74) is 1.12. The number of halogens is 2. The largest absolute Gasteiger partial charge is 0.357 e. The van der Waals surface area contributed by atoms with Crippen LogP contribution in [0.15, 0.2) is 29.3 Å². The molecule has 1 heterocycles. The van der Waals surface area contributed by atoms with Crippen LogP contribution < -0.4 is 10.6 Å². The third kappa shape index (κ3) is 8.54. The first-order valence-corrected chi connectivity index (χ1v) is 10.1. The highest BCUT2D eigenvalue weighted by molar-refractivity contribution is 14.0. The summed E-state index contributed by atoms with van der Waals surface area (Å²) in [6.07, 6.45) is 0. The van der Waals surface area contributed by atoms with Gasteiger partial charge in [0.15, 0.2) is 5.96 Å². The third-order valence-corrected chi connectivity index (χ3v) is 5.14. The van der Waals surface area contributed by atoms with Crippen molar-refractivity contribution in [3.05, 3.63) is 34.9 Å². The molecule has 0 saturated carbocycles. The maximum atomic E-state index is 6.07. The molecule has 1 aliphatic rings. The summed E-state index contributed by atoms with van der Waals surface area (Å²) in [6.45, 7) is 13.6. The fourth-order valence-electron chi connectivity index (χ4n) is 3.29. The maximum Gasteiger partial charge on any atom is 0.191 e. The van der Waals surface area contributed by atoms with Gasteiger partial charge in [0.2, 0.25) is 0 Å². The highest BCUT2D eigenvalue weighted by atomic mass is 127. The van der Waals surface area contributed by atoms with Gasteiger partial charge in [-0.05, 0) is 37.6 Å². The lowest BCUT2D eigenvalue weighted by atomic mass is 10.0. The molecule has 0 bridgehead atoms. The summed E-state index contributed by atoms with van der Waals surface area (Å²) in [4.78, 5) is 9.73. The minimum absolute atomic E-state index is 0. The highest BCUT2D eigenvalue weighted by Gasteiger charge is 2.24. The Bertz CT molecular complexity index is 573. The number of aliphatic imine (C=N–C) groups is 1. The SMILES string of the molecule is CCNC(=NCc1cccc(Cl)c1)NCC(C(C)C)N1CCN(C)CC1.I. The molecule has 2 rings (SSSR count). The van der Waals surface area contributed by atoms with Gasteiger partial charge in [0.05, 0.1) is 6.54 Å². The van der Waals surface area contributed by atoms with E-state index in [0.717, 1.165) is 55.8 Å². The summed E-state index contributed by atoms with van der Waals surface area (Å²) in [7, 11) is 2.20. The van der Waals surface area contributed by atoms with E-state index in [-0.39, 0.29) is 24.0 Å². The lowest BCUT2D eigenvalue weighted by Gasteiger charge is -2.40. The summed E-state index contributed by atoms with van der Waals surface area (Å²) in [6, 6.07) is 8.39. The van der Waals surface area contributed by atoms with Crippen LogP contribution in [0.1, 0.15) is 26.3 Å². The molecule has 1 unspecified atom stereocenters. The van der Waals surface area contributed by atoms with Crippen LogP contribution in [0.5, 0.6) is 0 Å². The fraction of sp³-hybridized carbons (Fsp3) is 0.650. The number of likely N-dealkylation sites (N-methyl/N-ethyl adjacent to an activating group) is 1. The molecule has 1 atom stereocenters. The predicted octanol–water partition coefficient (Wildman–Crippen LogP) is 3.29. The van der Waals surface area contributed by atoms with Crippen LogP contribution in [0.2, 0.25) is 5.02 Å². The minimum Gasteiger partial charge on any atom is -0.357 e. The van der Waals surface area contributed by atoms with Gasteiger partial charge in [-0.2, -0.15) is 0 Å². The molecule has 0 aliphatic carbocycles. The average molecular weight is 508 g/mol. The van der Waals surface area contributed by atoms with Crippen molar-refractivity contribution in [2.75, 3.05) is 46.3 Å². The Hall–Kier alpha value is -0.570. The van der Waals surface area contributed by atoms with E-state index < -0.39 is 0 Å². The quantitative estimate of drug-likeness (QED) is 0.338. The maximum absolute atomic E-state index is 6.07. The van der Waals surface area contributed by atoms with E-state index in [1.165, 1.54) is 0 Å². The van der Waals surface area contributed by atoms with Gasteiger partial charge < -0.3 is 15.5 Å². The molecule has 1 saturated heterocycles. The van der Waals surface area contributed by atoms with Crippen molar-refractivity contribution in [3.63, 3.8) is 0 Å². The van der Waals surface area contributed by atoms with E-state index in [2.05, 4.69) is 54.3 Å². The monoisotopic (exact) mass is 507 g/mol. The zero-order valence-corrected chi connectivity index (χ0v) is 20.1. The van der Waals surface area contributed by atoms with Gasteiger partial charge in [-0.3, -0.25) is 4.90 Å². The first-order valence-electron chi connectivity index (χ1n) is 9.68. The molecule has 1 aromatic rings. The molecule has 0 aromatic heterocycles. The Kier molecular flexibility index (Phi) is 11.6. The molecule has 1 aromatic carbocycles. The van der Waals surface area contributed by atoms with Crippen molar-refractivity contribution in [1.82, 2.24) is 20.4 Å². The van der Waals surface area contributed by atoms with Crippen LogP contribution in [0.4, 0.5) is 0 Å². The smallest absolute Gasteiger partial charge is 0.191 e. The Labute approximate surface area is 186 Å². The summed E-state index contributed by atoms with van der Waals surface area (Å²) < 4.78 is 0. The van der Waals surface area contributed by atoms with Gasteiger partial charge in [-0.15, -0.1) is 24.0 Å². The van der Waals surface area contributed by atoms with Gasteiger partial charge in [-0.25, -0.2) is 4.99 Å². The molecular weight excluding hydrogens is 473 g/mol. The topological polar surface area (TPSA) is 42.9 Å². The normalized spacial score (nSPS) is 17.5. The molecule has 0 radical (unpaired) electrons. The van der Waals surface area contributed by atoms with E-state index in [1.54, 1.807) is 0 Å². The zero-order valence-electron chi connectivity index (χ0n) is 17.0. The van der Waals surface area contributed by atoms with E-state index >= 15 is 0 Å². The van der Waals surface area contributed by atoms with Crippen LogP contribution in [0.25, 0.3) is 0 Å². The number of hydrogen-bond acceptors (Lipinski definition) is 3. The van der Waals surface area contributed by atoms with Gasteiger partial charge in [0, 0.05) is 50.3 Å². The summed E-state index contributed by atoms with van der Waals surface area (Å²) in [5.74, 6) is 1.47. The Morgan fingerprint density at radius 3 is 2.48 bits per heavy atom. The highest BCUT2D eigenvalue weighted by Crippen LogP contribution is 2.13. The summed E-state index contributed by atoms with van der Waals surface area (Å²) in [5, 5.41) is 7.65. The first-order chi connectivity index (χ1) is 12.5. The second-order valence-electron chi connectivity index (χ2n) is 7.36. The molecule has 5 nitrogen and oxygen atoms in total. The van der Waals surface area contributed by atoms with E-state index in [4.69, 9.17) is 16.6 Å². The number of benzene rings is 1. The van der Waals surface area contributed by atoms with Crippen LogP contribution >= 0.6 is 35.6 Å². The third-order valence-electron chi connectivity index (χ3n) is 4.91. The first kappa shape index (κ1) is 24.5. The minimum atomic E-state index is 0. The fourth-order valence-corrected chi connectivity index (χ4v) is 3.50. The second-order valence-corrected chi connectivity index (χ2v) is 7.79. The van der Waals surface area contributed by atoms with Crippen molar-refractivity contribution in [2.45, 2.75) is 33.4 Å². The van der Waals surface area contributed by atoms with E-state index in [1.807, 2.05) is 18.2 Å². The molecular formula is C20H35ClIN5. The van der Waals surface area contributed by atoms with Crippen LogP contribution in [0, 0.1) is 5.92 Å². The Balaban J connectivity index is 0.00000364. The van der Waals surface area contributed by atoms with E-state index in [0.29, 0.717) is 18.5 Å². The number of rotatable bonds is 7. The Morgan fingerprint density at radius 1 is 1.19 bits per heavy atom. The van der Waals surface area contributed by atoms with Gasteiger partial charge >= 0.3 is 0 Å². The molecule has 154 valence electrons. The zero-order chi connectivity index (χ0) is 18.9. The average Bonchev–Trinajstić information content (AvgIpc) is 2.61. The lowest BCUT2D eigenvalue weighted by Crippen LogP contribution is -2.55. The number of nitrogens with one attached hydrogen (secondary N) is 2. The molecule has 27 heavy (non-hydrogen) atoms. The standard InChI is InChI=1S/C20H34ClN5.HI/c1-5-22-20(23-14-17-7-6-8-18(21)13-17)24-15-19(16(2)3)26-11-9-25(4)10-12-26;/h6-8,13,16,19H,5,9-12,14-15H2,1-4H3,(H2,22,23,24);1H. The molecule has 1 aliphatic heterocycles. The number of guanidine groups is 1.